The number of hydrogen-bond donors (Lipinski definition) is 0. The minimum absolute atomic E-state index is 0.0296. The first kappa shape index (κ1) is 16.7. The number of thioether (sulfide) groups is 1. The lowest BCUT2D eigenvalue weighted by Crippen LogP contribution is -2.46. The molecule has 0 radical (unpaired) electrons. The lowest BCUT2D eigenvalue weighted by Gasteiger charge is -2.35. The molecular weight excluding hydrogens is 332 g/mol. The van der Waals surface area contributed by atoms with Gasteiger partial charge in [0, 0.05) is 54.2 Å². The van der Waals surface area contributed by atoms with Crippen molar-refractivity contribution >= 4 is 35.2 Å². The van der Waals surface area contributed by atoms with Crippen molar-refractivity contribution in [2.24, 2.45) is 5.92 Å². The maximum absolute atomic E-state index is 12.5. The zero-order valence-corrected chi connectivity index (χ0v) is 14.6. The Morgan fingerprint density at radius 2 is 1.57 bits per heavy atom. The first-order chi connectivity index (χ1) is 11.1. The number of nitrogens with zero attached hydrogens (tertiary/aromatic N) is 2. The average molecular weight is 353 g/mol. The summed E-state index contributed by atoms with van der Waals surface area (Å²) < 4.78 is 0. The van der Waals surface area contributed by atoms with Crippen LogP contribution in [0.3, 0.4) is 0 Å². The van der Waals surface area contributed by atoms with E-state index in [0.717, 1.165) is 37.4 Å². The Kier molecular flexibility index (Phi) is 5.49. The third-order valence-corrected chi connectivity index (χ3v) is 5.74. The highest BCUT2D eigenvalue weighted by Gasteiger charge is 2.31. The van der Waals surface area contributed by atoms with E-state index >= 15 is 0 Å². The molecule has 0 bridgehead atoms. The quantitative estimate of drug-likeness (QED) is 0.821. The van der Waals surface area contributed by atoms with Crippen molar-refractivity contribution < 1.29 is 9.59 Å². The maximum atomic E-state index is 12.5. The highest BCUT2D eigenvalue weighted by molar-refractivity contribution is 7.99. The van der Waals surface area contributed by atoms with Crippen LogP contribution in [0.1, 0.15) is 23.2 Å². The molecule has 2 aliphatic rings. The predicted octanol–water partition coefficient (Wildman–Crippen LogP) is 2.77. The average Bonchev–Trinajstić information content (AvgIpc) is 2.62. The van der Waals surface area contributed by atoms with E-state index in [1.54, 1.807) is 24.3 Å². The van der Waals surface area contributed by atoms with Gasteiger partial charge in [0.15, 0.2) is 0 Å². The van der Waals surface area contributed by atoms with Gasteiger partial charge in [-0.15, -0.1) is 0 Å². The van der Waals surface area contributed by atoms with Crippen LogP contribution in [0.15, 0.2) is 24.3 Å². The molecule has 1 aromatic rings. The molecule has 2 fully saturated rings. The summed E-state index contributed by atoms with van der Waals surface area (Å²) in [4.78, 5) is 28.9. The minimum Gasteiger partial charge on any atom is -0.341 e. The van der Waals surface area contributed by atoms with Gasteiger partial charge in [-0.1, -0.05) is 11.6 Å². The van der Waals surface area contributed by atoms with Crippen LogP contribution in [0.5, 0.6) is 0 Å². The summed E-state index contributed by atoms with van der Waals surface area (Å²) in [6.07, 6.45) is 1.53. The first-order valence-corrected chi connectivity index (χ1v) is 9.60. The molecular formula is C17H21ClN2O2S. The number of likely N-dealkylation sites (tertiary alicyclic amines) is 1. The Morgan fingerprint density at radius 3 is 2.17 bits per heavy atom. The highest BCUT2D eigenvalue weighted by Crippen LogP contribution is 2.23. The van der Waals surface area contributed by atoms with Crippen molar-refractivity contribution in [3.05, 3.63) is 34.9 Å². The summed E-state index contributed by atoms with van der Waals surface area (Å²) in [5.74, 6) is 2.47. The standard InChI is InChI=1S/C17H21ClN2O2S/c18-15-3-1-13(2-4-15)16(21)19-7-5-14(6-8-19)17(22)20-9-11-23-12-10-20/h1-4,14H,5-12H2. The molecule has 0 N–H and O–H groups in total. The molecule has 2 aliphatic heterocycles. The molecule has 2 saturated heterocycles. The minimum atomic E-state index is 0.0296. The van der Waals surface area contributed by atoms with E-state index < -0.39 is 0 Å². The molecule has 0 unspecified atom stereocenters. The van der Waals surface area contributed by atoms with Gasteiger partial charge in [-0.2, -0.15) is 11.8 Å². The number of hydrogen-bond acceptors (Lipinski definition) is 3. The van der Waals surface area contributed by atoms with Crippen LogP contribution in [0.2, 0.25) is 5.02 Å². The van der Waals surface area contributed by atoms with Crippen LogP contribution in [0.4, 0.5) is 0 Å². The lowest BCUT2D eigenvalue weighted by molar-refractivity contribution is -0.136. The molecule has 2 heterocycles. The third-order valence-electron chi connectivity index (χ3n) is 4.55. The zero-order chi connectivity index (χ0) is 16.2. The maximum Gasteiger partial charge on any atom is 0.253 e. The number of carbonyl (C=O) groups is 2. The summed E-state index contributed by atoms with van der Waals surface area (Å²) in [5, 5.41) is 0.630. The summed E-state index contributed by atoms with van der Waals surface area (Å²) in [5.41, 5.74) is 0.659. The van der Waals surface area contributed by atoms with Crippen LogP contribution in [-0.2, 0) is 4.79 Å². The summed E-state index contributed by atoms with van der Waals surface area (Å²) >= 11 is 7.77. The van der Waals surface area contributed by atoms with Gasteiger partial charge in [-0.3, -0.25) is 9.59 Å². The highest BCUT2D eigenvalue weighted by atomic mass is 35.5. The summed E-state index contributed by atoms with van der Waals surface area (Å²) in [6.45, 7) is 3.04. The Hall–Kier alpha value is -1.20. The van der Waals surface area contributed by atoms with E-state index in [1.165, 1.54) is 0 Å². The van der Waals surface area contributed by atoms with Crippen LogP contribution >= 0.6 is 23.4 Å². The number of rotatable bonds is 2. The van der Waals surface area contributed by atoms with Gasteiger partial charge in [0.05, 0.1) is 0 Å². The van der Waals surface area contributed by atoms with Crippen molar-refractivity contribution in [3.63, 3.8) is 0 Å². The summed E-state index contributed by atoms with van der Waals surface area (Å²) in [6, 6.07) is 6.99. The van der Waals surface area contributed by atoms with Crippen molar-refractivity contribution in [2.45, 2.75) is 12.8 Å². The van der Waals surface area contributed by atoms with E-state index in [-0.39, 0.29) is 17.7 Å². The molecule has 0 saturated carbocycles. The molecule has 1 aromatic carbocycles. The molecule has 0 spiro atoms. The Morgan fingerprint density at radius 1 is 0.957 bits per heavy atom. The lowest BCUT2D eigenvalue weighted by atomic mass is 9.94. The second kappa shape index (κ2) is 7.58. The third kappa shape index (κ3) is 4.01. The van der Waals surface area contributed by atoms with Gasteiger partial charge in [-0.05, 0) is 37.1 Å². The smallest absolute Gasteiger partial charge is 0.253 e. The van der Waals surface area contributed by atoms with Crippen LogP contribution < -0.4 is 0 Å². The van der Waals surface area contributed by atoms with Gasteiger partial charge < -0.3 is 9.80 Å². The fourth-order valence-corrected chi connectivity index (χ4v) is 4.18. The molecule has 0 aliphatic carbocycles. The molecule has 4 nitrogen and oxygen atoms in total. The fourth-order valence-electron chi connectivity index (χ4n) is 3.15. The van der Waals surface area contributed by atoms with Crippen LogP contribution in [-0.4, -0.2) is 59.3 Å². The van der Waals surface area contributed by atoms with Gasteiger partial charge >= 0.3 is 0 Å². The van der Waals surface area contributed by atoms with Gasteiger partial charge in [-0.25, -0.2) is 0 Å². The monoisotopic (exact) mass is 352 g/mol. The molecule has 0 atom stereocenters. The molecule has 23 heavy (non-hydrogen) atoms. The molecule has 0 aromatic heterocycles. The normalized spacial score (nSPS) is 19.7. The Bertz CT molecular complexity index is 564. The Balaban J connectivity index is 1.54. The van der Waals surface area contributed by atoms with Gasteiger partial charge in [0.2, 0.25) is 5.91 Å². The fraction of sp³-hybridized carbons (Fsp3) is 0.529. The number of halogens is 1. The zero-order valence-electron chi connectivity index (χ0n) is 13.0. The molecule has 124 valence electrons. The topological polar surface area (TPSA) is 40.6 Å². The van der Waals surface area contributed by atoms with Gasteiger partial charge in [0.25, 0.3) is 5.91 Å². The largest absolute Gasteiger partial charge is 0.341 e. The number of piperidine rings is 1. The van der Waals surface area contributed by atoms with Crippen LogP contribution in [0.25, 0.3) is 0 Å². The van der Waals surface area contributed by atoms with E-state index in [9.17, 15) is 9.59 Å². The van der Waals surface area contributed by atoms with E-state index in [4.69, 9.17) is 11.6 Å². The van der Waals surface area contributed by atoms with Crippen molar-refractivity contribution in [1.82, 2.24) is 9.80 Å². The summed E-state index contributed by atoms with van der Waals surface area (Å²) in [7, 11) is 0. The van der Waals surface area contributed by atoms with Crippen molar-refractivity contribution in [3.8, 4) is 0 Å². The van der Waals surface area contributed by atoms with E-state index in [2.05, 4.69) is 0 Å². The number of carbonyl (C=O) groups excluding carboxylic acids is 2. The van der Waals surface area contributed by atoms with E-state index in [1.807, 2.05) is 21.6 Å². The second-order valence-corrected chi connectivity index (χ2v) is 7.67. The van der Waals surface area contributed by atoms with Crippen molar-refractivity contribution in [1.29, 1.82) is 0 Å². The molecule has 6 heteroatoms. The first-order valence-electron chi connectivity index (χ1n) is 8.06. The van der Waals surface area contributed by atoms with Crippen molar-refractivity contribution in [2.75, 3.05) is 37.7 Å². The molecule has 2 amide bonds. The van der Waals surface area contributed by atoms with Gasteiger partial charge in [0.1, 0.15) is 0 Å². The molecule has 3 rings (SSSR count). The second-order valence-electron chi connectivity index (χ2n) is 6.01. The van der Waals surface area contributed by atoms with E-state index in [0.29, 0.717) is 23.7 Å². The van der Waals surface area contributed by atoms with Crippen LogP contribution in [0, 0.1) is 5.92 Å². The predicted molar refractivity (Wildman–Crippen MR) is 94.0 cm³/mol. The Labute approximate surface area is 146 Å². The number of amides is 2. The SMILES string of the molecule is O=C(c1ccc(Cl)cc1)N1CCC(C(=O)N2CCSCC2)CC1. The number of benzene rings is 1.